The Balaban J connectivity index is 1.67. The minimum atomic E-state index is 0.459. The van der Waals surface area contributed by atoms with Gasteiger partial charge in [-0.2, -0.15) is 0 Å². The Kier molecular flexibility index (Phi) is 5.81. The van der Waals surface area contributed by atoms with Crippen LogP contribution in [0.1, 0.15) is 42.2 Å². The zero-order valence-electron chi connectivity index (χ0n) is 16.1. The standard InChI is InChI=1S/C20H28N4O2/c1-5-21-20(22-12-19-23-14(2)15(3)26-19)24-11-10-17(13-24)16-6-8-18(25-4)9-7-16/h6-9,17H,5,10-13H2,1-4H3,(H,21,22). The highest BCUT2D eigenvalue weighted by Crippen LogP contribution is 2.28. The molecule has 1 atom stereocenters. The second kappa shape index (κ2) is 8.25. The molecule has 0 amide bonds. The molecule has 6 nitrogen and oxygen atoms in total. The van der Waals surface area contributed by atoms with Gasteiger partial charge in [0, 0.05) is 25.6 Å². The van der Waals surface area contributed by atoms with Crippen molar-refractivity contribution in [2.24, 2.45) is 4.99 Å². The van der Waals surface area contributed by atoms with Gasteiger partial charge >= 0.3 is 0 Å². The van der Waals surface area contributed by atoms with Crippen LogP contribution in [0.15, 0.2) is 33.7 Å². The Hall–Kier alpha value is -2.50. The number of hydrogen-bond donors (Lipinski definition) is 1. The molecule has 0 bridgehead atoms. The topological polar surface area (TPSA) is 62.9 Å². The van der Waals surface area contributed by atoms with E-state index in [4.69, 9.17) is 14.1 Å². The number of hydrogen-bond acceptors (Lipinski definition) is 4. The van der Waals surface area contributed by atoms with Crippen LogP contribution in [0.5, 0.6) is 5.75 Å². The second-order valence-electron chi connectivity index (χ2n) is 6.62. The Bertz CT molecular complexity index is 732. The highest BCUT2D eigenvalue weighted by atomic mass is 16.5. The van der Waals surface area contributed by atoms with Crippen LogP contribution in [0.3, 0.4) is 0 Å². The number of aliphatic imine (C=N–C) groups is 1. The lowest BCUT2D eigenvalue weighted by atomic mass is 9.98. The van der Waals surface area contributed by atoms with E-state index < -0.39 is 0 Å². The van der Waals surface area contributed by atoms with Crippen molar-refractivity contribution in [1.29, 1.82) is 0 Å². The highest BCUT2D eigenvalue weighted by Gasteiger charge is 2.26. The number of oxazole rings is 1. The molecule has 1 aromatic heterocycles. The van der Waals surface area contributed by atoms with E-state index in [1.165, 1.54) is 5.56 Å². The van der Waals surface area contributed by atoms with E-state index in [1.807, 2.05) is 26.0 Å². The van der Waals surface area contributed by atoms with Gasteiger partial charge in [0.15, 0.2) is 5.96 Å². The average Bonchev–Trinajstić information content (AvgIpc) is 3.26. The summed E-state index contributed by atoms with van der Waals surface area (Å²) in [5.41, 5.74) is 2.28. The average molecular weight is 356 g/mol. The molecular weight excluding hydrogens is 328 g/mol. The Morgan fingerprint density at radius 2 is 2.12 bits per heavy atom. The van der Waals surface area contributed by atoms with Gasteiger partial charge < -0.3 is 19.4 Å². The highest BCUT2D eigenvalue weighted by molar-refractivity contribution is 5.80. The lowest BCUT2D eigenvalue weighted by Crippen LogP contribution is -2.40. The van der Waals surface area contributed by atoms with Gasteiger partial charge in [-0.1, -0.05) is 12.1 Å². The van der Waals surface area contributed by atoms with Crippen molar-refractivity contribution in [2.45, 2.75) is 39.7 Å². The van der Waals surface area contributed by atoms with E-state index in [0.29, 0.717) is 18.4 Å². The van der Waals surface area contributed by atoms with Crippen molar-refractivity contribution in [1.82, 2.24) is 15.2 Å². The zero-order chi connectivity index (χ0) is 18.5. The fourth-order valence-electron chi connectivity index (χ4n) is 3.28. The Morgan fingerprint density at radius 3 is 2.73 bits per heavy atom. The summed E-state index contributed by atoms with van der Waals surface area (Å²) < 4.78 is 10.9. The first-order valence-corrected chi connectivity index (χ1v) is 9.20. The number of likely N-dealkylation sites (tertiary alicyclic amines) is 1. The van der Waals surface area contributed by atoms with E-state index in [2.05, 4.69) is 34.3 Å². The summed E-state index contributed by atoms with van der Waals surface area (Å²) in [5, 5.41) is 3.39. The van der Waals surface area contributed by atoms with Gasteiger partial charge in [-0.3, -0.25) is 0 Å². The number of aromatic nitrogens is 1. The maximum absolute atomic E-state index is 5.64. The third-order valence-corrected chi connectivity index (χ3v) is 4.85. The van der Waals surface area contributed by atoms with Crippen LogP contribution in [0.2, 0.25) is 0 Å². The number of ether oxygens (including phenoxy) is 1. The zero-order valence-corrected chi connectivity index (χ0v) is 16.1. The largest absolute Gasteiger partial charge is 0.497 e. The van der Waals surface area contributed by atoms with Crippen LogP contribution in [-0.4, -0.2) is 42.6 Å². The van der Waals surface area contributed by atoms with Crippen molar-refractivity contribution >= 4 is 5.96 Å². The molecule has 1 fully saturated rings. The van der Waals surface area contributed by atoms with Crippen LogP contribution in [0, 0.1) is 13.8 Å². The van der Waals surface area contributed by atoms with Gasteiger partial charge in [-0.05, 0) is 44.9 Å². The fraction of sp³-hybridized carbons (Fsp3) is 0.500. The quantitative estimate of drug-likeness (QED) is 0.658. The molecule has 1 aromatic carbocycles. The summed E-state index contributed by atoms with van der Waals surface area (Å²) in [4.78, 5) is 11.5. The predicted molar refractivity (Wildman–Crippen MR) is 103 cm³/mol. The first-order chi connectivity index (χ1) is 12.6. The number of benzene rings is 1. The molecule has 1 saturated heterocycles. The van der Waals surface area contributed by atoms with Crippen LogP contribution in [-0.2, 0) is 6.54 Å². The van der Waals surface area contributed by atoms with Crippen LogP contribution in [0.25, 0.3) is 0 Å². The van der Waals surface area contributed by atoms with Gasteiger partial charge in [-0.25, -0.2) is 9.98 Å². The van der Waals surface area contributed by atoms with Gasteiger partial charge in [0.05, 0.1) is 12.8 Å². The summed E-state index contributed by atoms with van der Waals surface area (Å²) in [6.07, 6.45) is 1.12. The van der Waals surface area contributed by atoms with Crippen molar-refractivity contribution in [3.63, 3.8) is 0 Å². The normalized spacial score (nSPS) is 17.6. The first-order valence-electron chi connectivity index (χ1n) is 9.20. The molecule has 6 heteroatoms. The summed E-state index contributed by atoms with van der Waals surface area (Å²) >= 11 is 0. The van der Waals surface area contributed by atoms with Gasteiger partial charge in [-0.15, -0.1) is 0 Å². The Labute approximate surface area is 155 Å². The molecule has 2 heterocycles. The van der Waals surface area contributed by atoms with Crippen LogP contribution in [0.4, 0.5) is 0 Å². The van der Waals surface area contributed by atoms with Crippen molar-refractivity contribution in [2.75, 3.05) is 26.7 Å². The third kappa shape index (κ3) is 4.18. The third-order valence-electron chi connectivity index (χ3n) is 4.85. The first kappa shape index (κ1) is 18.3. The molecule has 0 aliphatic carbocycles. The fourth-order valence-corrected chi connectivity index (χ4v) is 3.28. The van der Waals surface area contributed by atoms with E-state index in [1.54, 1.807) is 7.11 Å². The molecule has 1 aliphatic rings. The van der Waals surface area contributed by atoms with Crippen molar-refractivity contribution < 1.29 is 9.15 Å². The lowest BCUT2D eigenvalue weighted by molar-refractivity contribution is 0.414. The number of nitrogens with one attached hydrogen (secondary N) is 1. The smallest absolute Gasteiger partial charge is 0.216 e. The number of rotatable bonds is 5. The minimum Gasteiger partial charge on any atom is -0.497 e. The van der Waals surface area contributed by atoms with E-state index in [9.17, 15) is 0 Å². The minimum absolute atomic E-state index is 0.459. The second-order valence-corrected chi connectivity index (χ2v) is 6.62. The van der Waals surface area contributed by atoms with E-state index in [-0.39, 0.29) is 0 Å². The summed E-state index contributed by atoms with van der Waals surface area (Å²) in [6, 6.07) is 8.39. The Morgan fingerprint density at radius 1 is 1.35 bits per heavy atom. The molecule has 0 radical (unpaired) electrons. The number of methoxy groups -OCH3 is 1. The molecule has 3 rings (SSSR count). The maximum Gasteiger partial charge on any atom is 0.216 e. The van der Waals surface area contributed by atoms with Gasteiger partial charge in [0.2, 0.25) is 5.89 Å². The van der Waals surface area contributed by atoms with E-state index >= 15 is 0 Å². The molecule has 26 heavy (non-hydrogen) atoms. The van der Waals surface area contributed by atoms with Crippen molar-refractivity contribution in [3.8, 4) is 5.75 Å². The van der Waals surface area contributed by atoms with E-state index in [0.717, 1.165) is 49.2 Å². The molecule has 0 spiro atoms. The number of nitrogens with zero attached hydrogens (tertiary/aromatic N) is 3. The summed E-state index contributed by atoms with van der Waals surface area (Å²) in [7, 11) is 1.70. The molecule has 1 N–H and O–H groups in total. The van der Waals surface area contributed by atoms with Crippen LogP contribution >= 0.6 is 0 Å². The van der Waals surface area contributed by atoms with Gasteiger partial charge in [0.1, 0.15) is 18.1 Å². The van der Waals surface area contributed by atoms with Crippen molar-refractivity contribution in [3.05, 3.63) is 47.2 Å². The predicted octanol–water partition coefficient (Wildman–Crippen LogP) is 3.26. The lowest BCUT2D eigenvalue weighted by Gasteiger charge is -2.21. The maximum atomic E-state index is 5.64. The summed E-state index contributed by atoms with van der Waals surface area (Å²) in [5.74, 6) is 3.87. The molecule has 1 unspecified atom stereocenters. The molecular formula is C20H28N4O2. The number of aryl methyl sites for hydroxylation is 2. The van der Waals surface area contributed by atoms with Crippen LogP contribution < -0.4 is 10.1 Å². The number of guanidine groups is 1. The summed E-state index contributed by atoms with van der Waals surface area (Å²) in [6.45, 7) is 9.23. The SMILES string of the molecule is CCNC(=NCc1nc(C)c(C)o1)N1CCC(c2ccc(OC)cc2)C1. The molecule has 2 aromatic rings. The molecule has 140 valence electrons. The monoisotopic (exact) mass is 356 g/mol. The van der Waals surface area contributed by atoms with Gasteiger partial charge in [0.25, 0.3) is 0 Å². The molecule has 1 aliphatic heterocycles. The molecule has 0 saturated carbocycles.